The summed E-state index contributed by atoms with van der Waals surface area (Å²) in [6, 6.07) is 0. The van der Waals surface area contributed by atoms with Crippen molar-refractivity contribution in [1.82, 2.24) is 0 Å². The Labute approximate surface area is 89.8 Å². The van der Waals surface area contributed by atoms with Crippen LogP contribution in [0.4, 0.5) is 0 Å². The molecule has 0 nitrogen and oxygen atoms in total. The minimum atomic E-state index is 0.871. The van der Waals surface area contributed by atoms with E-state index in [1.165, 1.54) is 38.5 Å². The van der Waals surface area contributed by atoms with Gasteiger partial charge in [0.05, 0.1) is 0 Å². The van der Waals surface area contributed by atoms with Crippen molar-refractivity contribution < 1.29 is 0 Å². The number of hydrogen-bond acceptors (Lipinski definition) is 0. The molecule has 0 heterocycles. The molecule has 1 rings (SSSR count). The van der Waals surface area contributed by atoms with Gasteiger partial charge in [-0.1, -0.05) is 39.3 Å². The zero-order valence-electron chi connectivity index (χ0n) is 10.1. The van der Waals surface area contributed by atoms with Gasteiger partial charge in [0.1, 0.15) is 0 Å². The molecule has 0 aromatic rings. The lowest BCUT2D eigenvalue weighted by Crippen LogP contribution is -2.13. The molecule has 0 saturated carbocycles. The van der Waals surface area contributed by atoms with E-state index >= 15 is 0 Å². The molecule has 1 atom stereocenters. The van der Waals surface area contributed by atoms with Gasteiger partial charge in [0.2, 0.25) is 0 Å². The summed E-state index contributed by atoms with van der Waals surface area (Å²) < 4.78 is 0. The van der Waals surface area contributed by atoms with Crippen molar-refractivity contribution >= 4 is 0 Å². The average molecular weight is 194 g/mol. The van der Waals surface area contributed by atoms with Crippen molar-refractivity contribution in [2.24, 2.45) is 17.8 Å². The lowest BCUT2D eigenvalue weighted by molar-refractivity contribution is 0.273. The molecule has 0 amide bonds. The molecule has 0 saturated heterocycles. The predicted molar refractivity (Wildman–Crippen MR) is 64.3 cm³/mol. The van der Waals surface area contributed by atoms with Gasteiger partial charge in [-0.15, -0.1) is 0 Å². The second kappa shape index (κ2) is 6.27. The number of hydrogen-bond donors (Lipinski definition) is 0. The van der Waals surface area contributed by atoms with Gasteiger partial charge in [-0.2, -0.15) is 0 Å². The third kappa shape index (κ3) is 3.86. The van der Waals surface area contributed by atoms with Crippen molar-refractivity contribution in [2.45, 2.75) is 59.3 Å². The summed E-state index contributed by atoms with van der Waals surface area (Å²) in [7, 11) is 0. The standard InChI is InChI=1S/C14H26/c1-4-14(12(2)3)11-13-9-7-5-6-8-10-13/h5-6,12-14H,4,7-11H2,1-3H3. The second-order valence-corrected chi connectivity index (χ2v) is 5.14. The van der Waals surface area contributed by atoms with Gasteiger partial charge in [-0.3, -0.25) is 0 Å². The molecule has 0 aromatic carbocycles. The normalized spacial score (nSPS) is 21.1. The maximum atomic E-state index is 2.38. The first kappa shape index (κ1) is 11.8. The van der Waals surface area contributed by atoms with Gasteiger partial charge in [-0.25, -0.2) is 0 Å². The van der Waals surface area contributed by atoms with Gasteiger partial charge in [0.25, 0.3) is 0 Å². The summed E-state index contributed by atoms with van der Waals surface area (Å²) in [4.78, 5) is 0. The molecule has 0 aliphatic heterocycles. The summed E-state index contributed by atoms with van der Waals surface area (Å²) in [5, 5.41) is 0. The van der Waals surface area contributed by atoms with E-state index in [4.69, 9.17) is 0 Å². The molecule has 14 heavy (non-hydrogen) atoms. The van der Waals surface area contributed by atoms with Crippen LogP contribution in [-0.4, -0.2) is 0 Å². The van der Waals surface area contributed by atoms with Crippen LogP contribution in [0.2, 0.25) is 0 Å². The van der Waals surface area contributed by atoms with Crippen LogP contribution in [0.1, 0.15) is 59.3 Å². The summed E-state index contributed by atoms with van der Waals surface area (Å²) in [5.74, 6) is 2.83. The molecule has 0 radical (unpaired) electrons. The molecule has 1 aliphatic carbocycles. The highest BCUT2D eigenvalue weighted by Crippen LogP contribution is 2.30. The van der Waals surface area contributed by atoms with Crippen molar-refractivity contribution in [2.75, 3.05) is 0 Å². The quantitative estimate of drug-likeness (QED) is 0.564. The van der Waals surface area contributed by atoms with Crippen LogP contribution >= 0.6 is 0 Å². The van der Waals surface area contributed by atoms with E-state index in [0.29, 0.717) is 0 Å². The number of allylic oxidation sites excluding steroid dienone is 2. The van der Waals surface area contributed by atoms with Crippen LogP contribution < -0.4 is 0 Å². The third-order valence-corrected chi connectivity index (χ3v) is 3.75. The predicted octanol–water partition coefficient (Wildman–Crippen LogP) is 4.81. The smallest absolute Gasteiger partial charge is 0.0348 e. The lowest BCUT2D eigenvalue weighted by atomic mass is 9.82. The Morgan fingerprint density at radius 2 is 1.71 bits per heavy atom. The Hall–Kier alpha value is -0.260. The van der Waals surface area contributed by atoms with Crippen LogP contribution in [0, 0.1) is 17.8 Å². The Bertz CT molecular complexity index is 157. The van der Waals surface area contributed by atoms with E-state index in [9.17, 15) is 0 Å². The second-order valence-electron chi connectivity index (χ2n) is 5.14. The van der Waals surface area contributed by atoms with Gasteiger partial charge in [0, 0.05) is 0 Å². The van der Waals surface area contributed by atoms with Gasteiger partial charge in [0.15, 0.2) is 0 Å². The molecular weight excluding hydrogens is 168 g/mol. The summed E-state index contributed by atoms with van der Waals surface area (Å²) in [5.41, 5.74) is 0. The molecule has 0 heteroatoms. The molecule has 0 N–H and O–H groups in total. The highest BCUT2D eigenvalue weighted by Gasteiger charge is 2.17. The van der Waals surface area contributed by atoms with Crippen LogP contribution in [0.25, 0.3) is 0 Å². The Balaban J connectivity index is 2.34. The van der Waals surface area contributed by atoms with Crippen LogP contribution in [0.3, 0.4) is 0 Å². The Morgan fingerprint density at radius 1 is 1.14 bits per heavy atom. The number of rotatable bonds is 4. The SMILES string of the molecule is CCC(CC1CCC=CCC1)C(C)C. The maximum absolute atomic E-state index is 2.38. The zero-order valence-corrected chi connectivity index (χ0v) is 10.1. The minimum absolute atomic E-state index is 0.871. The summed E-state index contributed by atoms with van der Waals surface area (Å²) >= 11 is 0. The van der Waals surface area contributed by atoms with E-state index in [1.54, 1.807) is 0 Å². The van der Waals surface area contributed by atoms with Crippen molar-refractivity contribution in [3.05, 3.63) is 12.2 Å². The van der Waals surface area contributed by atoms with Crippen LogP contribution in [0.15, 0.2) is 12.2 Å². The van der Waals surface area contributed by atoms with Gasteiger partial charge < -0.3 is 0 Å². The van der Waals surface area contributed by atoms with E-state index in [1.807, 2.05) is 0 Å². The average Bonchev–Trinajstić information content (AvgIpc) is 2.41. The monoisotopic (exact) mass is 194 g/mol. The van der Waals surface area contributed by atoms with E-state index in [2.05, 4.69) is 32.9 Å². The topological polar surface area (TPSA) is 0 Å². The molecule has 0 spiro atoms. The van der Waals surface area contributed by atoms with Crippen molar-refractivity contribution in [3.63, 3.8) is 0 Å². The maximum Gasteiger partial charge on any atom is -0.0348 e. The first-order valence-corrected chi connectivity index (χ1v) is 6.39. The molecule has 82 valence electrons. The van der Waals surface area contributed by atoms with E-state index in [0.717, 1.165) is 17.8 Å². The van der Waals surface area contributed by atoms with E-state index < -0.39 is 0 Å². The molecular formula is C14H26. The van der Waals surface area contributed by atoms with Crippen molar-refractivity contribution in [3.8, 4) is 0 Å². The van der Waals surface area contributed by atoms with Gasteiger partial charge in [-0.05, 0) is 49.9 Å². The van der Waals surface area contributed by atoms with Crippen LogP contribution in [0.5, 0.6) is 0 Å². The molecule has 0 aromatic heterocycles. The third-order valence-electron chi connectivity index (χ3n) is 3.75. The molecule has 1 aliphatic rings. The largest absolute Gasteiger partial charge is 0.0885 e. The Morgan fingerprint density at radius 3 is 2.14 bits per heavy atom. The highest BCUT2D eigenvalue weighted by atomic mass is 14.2. The zero-order chi connectivity index (χ0) is 10.4. The van der Waals surface area contributed by atoms with Gasteiger partial charge >= 0.3 is 0 Å². The first-order chi connectivity index (χ1) is 6.74. The van der Waals surface area contributed by atoms with Crippen molar-refractivity contribution in [1.29, 1.82) is 0 Å². The molecule has 0 bridgehead atoms. The fourth-order valence-corrected chi connectivity index (χ4v) is 2.62. The lowest BCUT2D eigenvalue weighted by Gasteiger charge is -2.24. The summed E-state index contributed by atoms with van der Waals surface area (Å²) in [6.07, 6.45) is 13.1. The molecule has 1 unspecified atom stereocenters. The fraction of sp³-hybridized carbons (Fsp3) is 0.857. The van der Waals surface area contributed by atoms with E-state index in [-0.39, 0.29) is 0 Å². The highest BCUT2D eigenvalue weighted by molar-refractivity contribution is 4.87. The van der Waals surface area contributed by atoms with Crippen LogP contribution in [-0.2, 0) is 0 Å². The summed E-state index contributed by atoms with van der Waals surface area (Å²) in [6.45, 7) is 7.10. The Kier molecular flexibility index (Phi) is 5.29. The first-order valence-electron chi connectivity index (χ1n) is 6.39. The minimum Gasteiger partial charge on any atom is -0.0885 e. The molecule has 0 fully saturated rings. The fourth-order valence-electron chi connectivity index (χ4n) is 2.62.